The average molecular weight is 460 g/mol. The minimum Gasteiger partial charge on any atom is -0.339 e. The van der Waals surface area contributed by atoms with E-state index in [1.165, 1.54) is 76.3 Å². The van der Waals surface area contributed by atoms with Crippen LogP contribution in [0.1, 0.15) is 83.5 Å². The summed E-state index contributed by atoms with van der Waals surface area (Å²) < 4.78 is 0. The Hall–Kier alpha value is -1.26. The van der Waals surface area contributed by atoms with Crippen LogP contribution in [-0.4, -0.2) is 53.6 Å². The van der Waals surface area contributed by atoms with Gasteiger partial charge < -0.3 is 14.7 Å². The number of anilines is 1. The second kappa shape index (κ2) is 10.8. The zero-order chi connectivity index (χ0) is 21.1. The molecule has 4 aliphatic rings. The van der Waals surface area contributed by atoms with Gasteiger partial charge in [0.25, 0.3) is 0 Å². The van der Waals surface area contributed by atoms with Crippen LogP contribution in [0.2, 0.25) is 0 Å². The van der Waals surface area contributed by atoms with E-state index in [-0.39, 0.29) is 17.9 Å². The molecule has 0 atom stereocenters. The lowest BCUT2D eigenvalue weighted by atomic mass is 9.84. The fourth-order valence-corrected chi connectivity index (χ4v) is 6.37. The predicted molar refractivity (Wildman–Crippen MR) is 134 cm³/mol. The SMILES string of the molecule is Cl.O=C1N(CC2CC2)CN(c2ccccc2)C12CCN(C1CCCCCCCCC1)CC2. The molecule has 2 saturated carbocycles. The molecule has 2 aliphatic heterocycles. The van der Waals surface area contributed by atoms with Gasteiger partial charge >= 0.3 is 0 Å². The first kappa shape index (κ1) is 23.9. The highest BCUT2D eigenvalue weighted by Gasteiger charge is 2.54. The number of halogens is 1. The van der Waals surface area contributed by atoms with Gasteiger partial charge in [0, 0.05) is 31.4 Å². The van der Waals surface area contributed by atoms with Crippen LogP contribution >= 0.6 is 12.4 Å². The number of rotatable bonds is 4. The van der Waals surface area contributed by atoms with E-state index < -0.39 is 0 Å². The van der Waals surface area contributed by atoms with Gasteiger partial charge in [-0.05, 0) is 56.6 Å². The average Bonchev–Trinajstić information content (AvgIpc) is 3.60. The van der Waals surface area contributed by atoms with E-state index in [9.17, 15) is 4.79 Å². The van der Waals surface area contributed by atoms with E-state index in [2.05, 4.69) is 45.0 Å². The summed E-state index contributed by atoms with van der Waals surface area (Å²) in [6.07, 6.45) is 17.2. The summed E-state index contributed by atoms with van der Waals surface area (Å²) in [7, 11) is 0. The van der Waals surface area contributed by atoms with Crippen molar-refractivity contribution in [2.24, 2.45) is 5.92 Å². The summed E-state index contributed by atoms with van der Waals surface area (Å²) in [4.78, 5) is 21.2. The van der Waals surface area contributed by atoms with Crippen molar-refractivity contribution in [2.75, 3.05) is 31.2 Å². The summed E-state index contributed by atoms with van der Waals surface area (Å²) in [6.45, 7) is 3.91. The Bertz CT molecular complexity index is 720. The number of nitrogens with zero attached hydrogens (tertiary/aromatic N) is 3. The lowest BCUT2D eigenvalue weighted by Gasteiger charge is -2.45. The molecule has 2 heterocycles. The zero-order valence-corrected chi connectivity index (χ0v) is 20.5. The minimum atomic E-state index is -0.317. The third kappa shape index (κ3) is 5.12. The van der Waals surface area contributed by atoms with Crippen LogP contribution in [0, 0.1) is 5.92 Å². The standard InChI is InChI=1S/C27H41N3O.ClH/c31-26-27(30(25-13-9-6-10-14-25)22-29(26)21-23-15-16-23)17-19-28(20-18-27)24-11-7-4-2-1-3-5-8-12-24;/h6,9-10,13-14,23-24H,1-5,7-8,11-12,15-22H2;1H. The highest BCUT2D eigenvalue weighted by Crippen LogP contribution is 2.42. The van der Waals surface area contributed by atoms with E-state index in [1.807, 2.05) is 0 Å². The number of hydrogen-bond donors (Lipinski definition) is 0. The van der Waals surface area contributed by atoms with Gasteiger partial charge in [0.2, 0.25) is 5.91 Å². The lowest BCUT2D eigenvalue weighted by Crippen LogP contribution is -2.58. The number of likely N-dealkylation sites (tertiary alicyclic amines) is 1. The van der Waals surface area contributed by atoms with Crippen LogP contribution in [0.4, 0.5) is 5.69 Å². The molecule has 0 radical (unpaired) electrons. The van der Waals surface area contributed by atoms with Crippen molar-refractivity contribution in [1.29, 1.82) is 0 Å². The molecule has 5 heteroatoms. The zero-order valence-electron chi connectivity index (χ0n) is 19.7. The van der Waals surface area contributed by atoms with Crippen molar-refractivity contribution >= 4 is 24.0 Å². The Kier molecular flexibility index (Phi) is 8.04. The molecule has 5 rings (SSSR count). The molecule has 0 unspecified atom stereocenters. The Morgan fingerprint density at radius 2 is 1.41 bits per heavy atom. The Balaban J connectivity index is 0.00000245. The Labute approximate surface area is 201 Å². The number of carbonyl (C=O) groups excluding carboxylic acids is 1. The van der Waals surface area contributed by atoms with E-state index >= 15 is 0 Å². The number of carbonyl (C=O) groups is 1. The van der Waals surface area contributed by atoms with Crippen molar-refractivity contribution in [3.8, 4) is 0 Å². The van der Waals surface area contributed by atoms with Gasteiger partial charge in [-0.2, -0.15) is 0 Å². The molecule has 0 bridgehead atoms. The molecular formula is C27H42ClN3O. The molecule has 1 aromatic carbocycles. The lowest BCUT2D eigenvalue weighted by molar-refractivity contribution is -0.134. The van der Waals surface area contributed by atoms with Crippen LogP contribution in [0.25, 0.3) is 0 Å². The number of amides is 1. The molecule has 4 fully saturated rings. The van der Waals surface area contributed by atoms with Gasteiger partial charge in [-0.1, -0.05) is 63.1 Å². The molecule has 32 heavy (non-hydrogen) atoms. The highest BCUT2D eigenvalue weighted by molar-refractivity contribution is 5.93. The largest absolute Gasteiger partial charge is 0.339 e. The second-order valence-corrected chi connectivity index (χ2v) is 10.6. The molecule has 2 aliphatic carbocycles. The third-order valence-electron chi connectivity index (χ3n) is 8.47. The number of hydrogen-bond acceptors (Lipinski definition) is 3. The van der Waals surface area contributed by atoms with Gasteiger partial charge in [0.05, 0.1) is 6.67 Å². The van der Waals surface area contributed by atoms with Gasteiger partial charge in [0.1, 0.15) is 5.54 Å². The van der Waals surface area contributed by atoms with Gasteiger partial charge in [-0.15, -0.1) is 12.4 Å². The summed E-state index contributed by atoms with van der Waals surface area (Å²) in [5, 5.41) is 0. The van der Waals surface area contributed by atoms with Crippen molar-refractivity contribution in [3.63, 3.8) is 0 Å². The van der Waals surface area contributed by atoms with Crippen molar-refractivity contribution in [2.45, 2.75) is 95.1 Å². The van der Waals surface area contributed by atoms with E-state index in [1.54, 1.807) is 0 Å². The molecule has 4 nitrogen and oxygen atoms in total. The highest BCUT2D eigenvalue weighted by atomic mass is 35.5. The van der Waals surface area contributed by atoms with Gasteiger partial charge in [-0.25, -0.2) is 0 Å². The molecule has 0 N–H and O–H groups in total. The summed E-state index contributed by atoms with van der Waals surface area (Å²) in [5.74, 6) is 1.16. The Morgan fingerprint density at radius 1 is 0.812 bits per heavy atom. The summed E-state index contributed by atoms with van der Waals surface area (Å²) in [6, 6.07) is 11.4. The molecular weight excluding hydrogens is 418 g/mol. The molecule has 1 amide bonds. The van der Waals surface area contributed by atoms with Crippen LogP contribution < -0.4 is 4.90 Å². The van der Waals surface area contributed by atoms with Crippen LogP contribution in [-0.2, 0) is 4.79 Å². The van der Waals surface area contributed by atoms with Crippen LogP contribution in [0.5, 0.6) is 0 Å². The van der Waals surface area contributed by atoms with Crippen molar-refractivity contribution < 1.29 is 4.79 Å². The normalized spacial score (nSPS) is 25.7. The smallest absolute Gasteiger partial charge is 0.250 e. The summed E-state index contributed by atoms with van der Waals surface area (Å²) >= 11 is 0. The number of para-hydroxylation sites is 1. The quantitative estimate of drug-likeness (QED) is 0.564. The van der Waals surface area contributed by atoms with E-state index in [0.717, 1.165) is 51.1 Å². The topological polar surface area (TPSA) is 26.8 Å². The molecule has 2 saturated heterocycles. The monoisotopic (exact) mass is 459 g/mol. The van der Waals surface area contributed by atoms with E-state index in [0.29, 0.717) is 5.91 Å². The fourth-order valence-electron chi connectivity index (χ4n) is 6.37. The number of piperidine rings is 1. The first-order valence-electron chi connectivity index (χ1n) is 13.1. The second-order valence-electron chi connectivity index (χ2n) is 10.6. The Morgan fingerprint density at radius 3 is 2.00 bits per heavy atom. The maximum atomic E-state index is 13.8. The molecule has 178 valence electrons. The number of benzene rings is 1. The first-order chi connectivity index (χ1) is 15.3. The first-order valence-corrected chi connectivity index (χ1v) is 13.1. The third-order valence-corrected chi connectivity index (χ3v) is 8.47. The van der Waals surface area contributed by atoms with Crippen molar-refractivity contribution in [3.05, 3.63) is 30.3 Å². The fraction of sp³-hybridized carbons (Fsp3) is 0.741. The molecule has 1 spiro atoms. The van der Waals surface area contributed by atoms with Crippen LogP contribution in [0.3, 0.4) is 0 Å². The van der Waals surface area contributed by atoms with Gasteiger partial charge in [0.15, 0.2) is 0 Å². The predicted octanol–water partition coefficient (Wildman–Crippen LogP) is 5.85. The van der Waals surface area contributed by atoms with Crippen molar-refractivity contribution in [1.82, 2.24) is 9.80 Å². The van der Waals surface area contributed by atoms with E-state index in [4.69, 9.17) is 0 Å². The minimum absolute atomic E-state index is 0. The summed E-state index contributed by atoms with van der Waals surface area (Å²) in [5.41, 5.74) is 0.907. The van der Waals surface area contributed by atoms with Gasteiger partial charge in [-0.3, -0.25) is 4.79 Å². The maximum Gasteiger partial charge on any atom is 0.250 e. The maximum absolute atomic E-state index is 13.8. The molecule has 0 aromatic heterocycles. The van der Waals surface area contributed by atoms with Crippen LogP contribution in [0.15, 0.2) is 30.3 Å². The molecule has 1 aromatic rings.